The second-order valence-corrected chi connectivity index (χ2v) is 18.1. The maximum absolute atomic E-state index is 11.8. The summed E-state index contributed by atoms with van der Waals surface area (Å²) in [4.78, 5) is 38.7. The summed E-state index contributed by atoms with van der Waals surface area (Å²) in [5.74, 6) is -0.195. The molecule has 1 atom stereocenters. The molecule has 9 nitrogen and oxygen atoms in total. The van der Waals surface area contributed by atoms with Crippen molar-refractivity contribution in [2.75, 3.05) is 58.5 Å². The number of methoxy groups -OCH3 is 2. The number of carbonyl (C=O) groups excluding carboxylic acids is 3. The molecule has 0 saturated heterocycles. The Bertz CT molecular complexity index is 867. The first kappa shape index (κ1) is 43.6. The van der Waals surface area contributed by atoms with E-state index < -0.39 is 12.0 Å². The van der Waals surface area contributed by atoms with Gasteiger partial charge in [0.1, 0.15) is 11.7 Å². The van der Waals surface area contributed by atoms with Crippen molar-refractivity contribution in [2.45, 2.75) is 97.3 Å². The summed E-state index contributed by atoms with van der Waals surface area (Å²) in [7, 11) is 2.58. The Morgan fingerprint density at radius 1 is 1.05 bits per heavy atom. The molecule has 0 bridgehead atoms. The SMILES string of the molecule is CC(C)(C)S(C)(C)C.CCCC(CCC)COC(=O)NCCCOC.CCCc1nc(C(=O)NC(CS)C(=O)OC)cs1. The van der Waals surface area contributed by atoms with Crippen molar-refractivity contribution >= 4 is 52.0 Å². The van der Waals surface area contributed by atoms with Crippen molar-refractivity contribution in [2.24, 2.45) is 5.92 Å². The highest BCUT2D eigenvalue weighted by atomic mass is 32.3. The molecule has 1 unspecified atom stereocenters. The van der Waals surface area contributed by atoms with Crippen molar-refractivity contribution in [3.05, 3.63) is 16.1 Å². The number of hydrogen-bond donors (Lipinski definition) is 3. The van der Waals surface area contributed by atoms with Gasteiger partial charge in [0.15, 0.2) is 0 Å². The van der Waals surface area contributed by atoms with Crippen LogP contribution in [0.1, 0.15) is 95.6 Å². The van der Waals surface area contributed by atoms with Crippen LogP contribution < -0.4 is 10.6 Å². The van der Waals surface area contributed by atoms with E-state index in [1.807, 2.05) is 0 Å². The van der Waals surface area contributed by atoms with Crippen molar-refractivity contribution in [3.8, 4) is 0 Å². The molecule has 0 saturated carbocycles. The van der Waals surface area contributed by atoms with Crippen LogP contribution in [0.2, 0.25) is 0 Å². The molecular formula is C31H61N3O6S3. The third kappa shape index (κ3) is 21.8. The number of hydrogen-bond acceptors (Lipinski definition) is 9. The van der Waals surface area contributed by atoms with Gasteiger partial charge in [-0.2, -0.15) is 12.6 Å². The third-order valence-electron chi connectivity index (χ3n) is 6.70. The second-order valence-electron chi connectivity index (χ2n) is 11.9. The number of alkyl carbamates (subject to hydrolysis) is 1. The Balaban J connectivity index is 0. The smallest absolute Gasteiger partial charge is 0.407 e. The lowest BCUT2D eigenvalue weighted by molar-refractivity contribution is -0.142. The Morgan fingerprint density at radius 3 is 2.07 bits per heavy atom. The summed E-state index contributed by atoms with van der Waals surface area (Å²) in [6.45, 7) is 15.1. The molecule has 2 N–H and O–H groups in total. The molecule has 0 radical (unpaired) electrons. The highest BCUT2D eigenvalue weighted by Crippen LogP contribution is 2.48. The molecule has 43 heavy (non-hydrogen) atoms. The second kappa shape index (κ2) is 24.8. The lowest BCUT2D eigenvalue weighted by Gasteiger charge is -2.40. The minimum absolute atomic E-state index is 0.185. The molecule has 1 aromatic heterocycles. The van der Waals surface area contributed by atoms with Crippen molar-refractivity contribution in [1.29, 1.82) is 0 Å². The Kier molecular flexibility index (Phi) is 25.1. The standard InChI is InChI=1S/C13H27NO3.C11H16N2O3S2.C7H18S/c1-4-7-12(8-5-2)11-17-13(15)14-9-6-10-16-3;1-3-4-9-12-8(6-18-9)10(14)13-7(5-17)11(15)16-2;1-7(2,3)8(4,5)6/h12H,4-11H2,1-3H3,(H,14,15);6-7,17H,3-5H2,1-2H3,(H,13,14);1-6H3. The molecule has 1 heterocycles. The molecular weight excluding hydrogens is 607 g/mol. The predicted octanol–water partition coefficient (Wildman–Crippen LogP) is 6.74. The van der Waals surface area contributed by atoms with E-state index in [4.69, 9.17) is 9.47 Å². The summed E-state index contributed by atoms with van der Waals surface area (Å²) in [6, 6.07) is -0.748. The molecule has 0 fully saturated rings. The molecule has 0 aliphatic rings. The topological polar surface area (TPSA) is 116 Å². The van der Waals surface area contributed by atoms with Gasteiger partial charge in [-0.15, -0.1) is 11.3 Å². The maximum atomic E-state index is 11.8. The van der Waals surface area contributed by atoms with E-state index in [-0.39, 0.29) is 27.8 Å². The van der Waals surface area contributed by atoms with Crippen molar-refractivity contribution in [3.63, 3.8) is 0 Å². The zero-order valence-corrected chi connectivity index (χ0v) is 31.2. The van der Waals surface area contributed by atoms with Crippen LogP contribution in [-0.4, -0.2) is 92.2 Å². The van der Waals surface area contributed by atoms with Crippen LogP contribution >= 0.6 is 34.0 Å². The summed E-state index contributed by atoms with van der Waals surface area (Å²) >= 11 is 5.45. The largest absolute Gasteiger partial charge is 0.467 e. The van der Waals surface area contributed by atoms with Crippen LogP contribution in [0.25, 0.3) is 0 Å². The van der Waals surface area contributed by atoms with E-state index in [9.17, 15) is 14.4 Å². The number of aromatic nitrogens is 1. The molecule has 1 rings (SSSR count). The van der Waals surface area contributed by atoms with Crippen LogP contribution in [-0.2, 0) is 25.4 Å². The minimum Gasteiger partial charge on any atom is -0.467 e. The molecule has 0 aromatic carbocycles. The minimum atomic E-state index is -0.748. The van der Waals surface area contributed by atoms with Crippen LogP contribution in [0.4, 0.5) is 4.79 Å². The number of nitrogens with zero attached hydrogens (tertiary/aromatic N) is 1. The molecule has 254 valence electrons. The van der Waals surface area contributed by atoms with Gasteiger partial charge >= 0.3 is 12.1 Å². The van der Waals surface area contributed by atoms with E-state index in [0.29, 0.717) is 36.1 Å². The monoisotopic (exact) mass is 667 g/mol. The van der Waals surface area contributed by atoms with E-state index in [1.54, 1.807) is 12.5 Å². The highest BCUT2D eigenvalue weighted by molar-refractivity contribution is 8.33. The number of nitrogens with one attached hydrogen (secondary N) is 2. The van der Waals surface area contributed by atoms with Gasteiger partial charge in [0.05, 0.1) is 18.7 Å². The van der Waals surface area contributed by atoms with E-state index in [0.717, 1.165) is 50.0 Å². The van der Waals surface area contributed by atoms with Crippen LogP contribution in [0.3, 0.4) is 0 Å². The van der Waals surface area contributed by atoms with Gasteiger partial charge in [-0.3, -0.25) is 4.79 Å². The molecule has 0 aliphatic carbocycles. The number of aryl methyl sites for hydroxylation is 1. The van der Waals surface area contributed by atoms with Gasteiger partial charge in [-0.1, -0.05) is 54.4 Å². The van der Waals surface area contributed by atoms with Gasteiger partial charge in [0.2, 0.25) is 0 Å². The summed E-state index contributed by atoms with van der Waals surface area (Å²) < 4.78 is 15.2. The molecule has 0 spiro atoms. The van der Waals surface area contributed by atoms with Gasteiger partial charge < -0.3 is 24.8 Å². The fraction of sp³-hybridized carbons (Fsp3) is 0.806. The Hall–Kier alpha value is -1.50. The highest BCUT2D eigenvalue weighted by Gasteiger charge is 2.22. The first-order chi connectivity index (χ1) is 20.1. The summed E-state index contributed by atoms with van der Waals surface area (Å²) in [5, 5.41) is 7.87. The number of thiazole rings is 1. The molecule has 12 heteroatoms. The van der Waals surface area contributed by atoms with E-state index in [1.165, 1.54) is 18.4 Å². The number of amides is 2. The van der Waals surface area contributed by atoms with Gasteiger partial charge in [-0.25, -0.2) is 24.6 Å². The maximum Gasteiger partial charge on any atom is 0.407 e. The lowest BCUT2D eigenvalue weighted by atomic mass is 10.00. The summed E-state index contributed by atoms with van der Waals surface area (Å²) in [6.07, 6.45) is 14.0. The van der Waals surface area contributed by atoms with Gasteiger partial charge in [0.25, 0.3) is 5.91 Å². The van der Waals surface area contributed by atoms with Crippen molar-refractivity contribution in [1.82, 2.24) is 15.6 Å². The van der Waals surface area contributed by atoms with Crippen molar-refractivity contribution < 1.29 is 28.6 Å². The van der Waals surface area contributed by atoms with E-state index in [2.05, 4.69) is 93.3 Å². The first-order valence-corrected chi connectivity index (χ1v) is 19.5. The number of carbonyl (C=O) groups is 3. The number of thiol groups is 1. The van der Waals surface area contributed by atoms with Crippen LogP contribution in [0, 0.1) is 5.92 Å². The number of esters is 1. The average molecular weight is 668 g/mol. The first-order valence-electron chi connectivity index (χ1n) is 15.1. The predicted molar refractivity (Wildman–Crippen MR) is 187 cm³/mol. The fourth-order valence-corrected chi connectivity index (χ4v) is 4.20. The third-order valence-corrected chi connectivity index (χ3v) is 11.6. The number of ether oxygens (including phenoxy) is 3. The molecule has 2 amide bonds. The molecule has 1 aromatic rings. The quantitative estimate of drug-likeness (QED) is 0.102. The van der Waals surface area contributed by atoms with E-state index >= 15 is 0 Å². The normalized spacial score (nSPS) is 12.2. The number of rotatable bonds is 16. The average Bonchev–Trinajstić information content (AvgIpc) is 3.41. The lowest BCUT2D eigenvalue weighted by Crippen LogP contribution is -2.43. The zero-order chi connectivity index (χ0) is 33.5. The zero-order valence-electron chi connectivity index (χ0n) is 28.7. The van der Waals surface area contributed by atoms with Crippen LogP contribution in [0.5, 0.6) is 0 Å². The Morgan fingerprint density at radius 2 is 1.63 bits per heavy atom. The fourth-order valence-electron chi connectivity index (χ4n) is 3.08. The van der Waals surface area contributed by atoms with Gasteiger partial charge in [-0.05, 0) is 61.5 Å². The van der Waals surface area contributed by atoms with Gasteiger partial charge in [0, 0.05) is 31.4 Å². The summed E-state index contributed by atoms with van der Waals surface area (Å²) in [5.41, 5.74) is 0.333. The Labute approximate surface area is 273 Å². The van der Waals surface area contributed by atoms with Crippen LogP contribution in [0.15, 0.2) is 5.38 Å². The molecule has 0 aliphatic heterocycles.